The van der Waals surface area contributed by atoms with Crippen molar-refractivity contribution in [3.05, 3.63) is 0 Å². The molecule has 4 heteroatoms. The molecule has 3 N–H and O–H groups in total. The summed E-state index contributed by atoms with van der Waals surface area (Å²) in [5, 5.41) is 3.08. The summed E-state index contributed by atoms with van der Waals surface area (Å²) in [6.45, 7) is 8.08. The maximum atomic E-state index is 12.0. The molecule has 0 bridgehead atoms. The second-order valence-corrected chi connectivity index (χ2v) is 5.25. The van der Waals surface area contributed by atoms with Crippen LogP contribution in [-0.4, -0.2) is 42.0 Å². The predicted octanol–water partition coefficient (Wildman–Crippen LogP) is 1.10. The van der Waals surface area contributed by atoms with Gasteiger partial charge in [0.25, 0.3) is 0 Å². The number of rotatable bonds is 5. The molecule has 1 fully saturated rings. The van der Waals surface area contributed by atoms with Crippen LogP contribution in [0, 0.1) is 0 Å². The summed E-state index contributed by atoms with van der Waals surface area (Å²) >= 11 is 0. The van der Waals surface area contributed by atoms with Crippen LogP contribution < -0.4 is 11.1 Å². The number of carbonyl (C=O) groups excluding carboxylic acids is 1. The molecule has 0 aliphatic carbocycles. The van der Waals surface area contributed by atoms with Crippen LogP contribution in [0.3, 0.4) is 0 Å². The first-order valence-corrected chi connectivity index (χ1v) is 6.84. The molecule has 1 heterocycles. The van der Waals surface area contributed by atoms with Crippen molar-refractivity contribution in [3.8, 4) is 0 Å². The zero-order chi connectivity index (χ0) is 12.8. The molecule has 2 atom stereocenters. The van der Waals surface area contributed by atoms with Crippen molar-refractivity contribution in [2.75, 3.05) is 13.1 Å². The van der Waals surface area contributed by atoms with Gasteiger partial charge in [0.05, 0.1) is 6.04 Å². The number of carbonyl (C=O) groups is 1. The van der Waals surface area contributed by atoms with Crippen molar-refractivity contribution in [3.63, 3.8) is 0 Å². The lowest BCUT2D eigenvalue weighted by Crippen LogP contribution is -2.51. The van der Waals surface area contributed by atoms with Crippen molar-refractivity contribution >= 4 is 5.91 Å². The molecule has 2 unspecified atom stereocenters. The normalized spacial score (nSPS) is 22.1. The van der Waals surface area contributed by atoms with Crippen LogP contribution in [0.1, 0.15) is 46.5 Å². The Morgan fingerprint density at radius 3 is 2.53 bits per heavy atom. The van der Waals surface area contributed by atoms with Gasteiger partial charge in [0.15, 0.2) is 0 Å². The Morgan fingerprint density at radius 1 is 1.41 bits per heavy atom. The van der Waals surface area contributed by atoms with E-state index in [1.165, 1.54) is 0 Å². The van der Waals surface area contributed by atoms with E-state index >= 15 is 0 Å². The highest BCUT2D eigenvalue weighted by atomic mass is 16.2. The first-order chi connectivity index (χ1) is 8.04. The van der Waals surface area contributed by atoms with Crippen LogP contribution in [0.4, 0.5) is 0 Å². The SMILES string of the molecule is CCCC(C)NC(=O)C(C)N1CCC(N)CC1. The smallest absolute Gasteiger partial charge is 0.237 e. The monoisotopic (exact) mass is 241 g/mol. The highest BCUT2D eigenvalue weighted by molar-refractivity contribution is 5.81. The van der Waals surface area contributed by atoms with Gasteiger partial charge in [0.2, 0.25) is 5.91 Å². The molecule has 1 aliphatic heterocycles. The Morgan fingerprint density at radius 2 is 2.00 bits per heavy atom. The zero-order valence-corrected chi connectivity index (χ0v) is 11.4. The van der Waals surface area contributed by atoms with Crippen LogP contribution in [0.5, 0.6) is 0 Å². The van der Waals surface area contributed by atoms with Gasteiger partial charge in [-0.15, -0.1) is 0 Å². The molecule has 1 aliphatic rings. The Kier molecular flexibility index (Phi) is 5.92. The fourth-order valence-electron chi connectivity index (χ4n) is 2.34. The van der Waals surface area contributed by atoms with Crippen LogP contribution in [0.15, 0.2) is 0 Å². The van der Waals surface area contributed by atoms with E-state index in [9.17, 15) is 4.79 Å². The third kappa shape index (κ3) is 4.64. The highest BCUT2D eigenvalue weighted by Crippen LogP contribution is 2.12. The first-order valence-electron chi connectivity index (χ1n) is 6.84. The molecule has 17 heavy (non-hydrogen) atoms. The van der Waals surface area contributed by atoms with E-state index in [1.807, 2.05) is 6.92 Å². The lowest BCUT2D eigenvalue weighted by molar-refractivity contribution is -0.127. The Bertz CT molecular complexity index is 237. The van der Waals surface area contributed by atoms with Crippen molar-refractivity contribution in [1.82, 2.24) is 10.2 Å². The topological polar surface area (TPSA) is 58.4 Å². The molecular formula is C13H27N3O. The quantitative estimate of drug-likeness (QED) is 0.758. The van der Waals surface area contributed by atoms with Gasteiger partial charge in [-0.25, -0.2) is 0 Å². The summed E-state index contributed by atoms with van der Waals surface area (Å²) in [6, 6.07) is 0.573. The molecule has 1 amide bonds. The molecule has 1 rings (SSSR count). The second kappa shape index (κ2) is 6.97. The minimum atomic E-state index is -0.0261. The first kappa shape index (κ1) is 14.5. The Balaban J connectivity index is 2.35. The van der Waals surface area contributed by atoms with Crippen molar-refractivity contribution in [1.29, 1.82) is 0 Å². The number of hydrogen-bond acceptors (Lipinski definition) is 3. The molecule has 0 spiro atoms. The van der Waals surface area contributed by atoms with Gasteiger partial charge < -0.3 is 11.1 Å². The van der Waals surface area contributed by atoms with E-state index < -0.39 is 0 Å². The van der Waals surface area contributed by atoms with Crippen LogP contribution in [-0.2, 0) is 4.79 Å². The van der Waals surface area contributed by atoms with E-state index in [0.29, 0.717) is 6.04 Å². The fraction of sp³-hybridized carbons (Fsp3) is 0.923. The number of likely N-dealkylation sites (tertiary alicyclic amines) is 1. The maximum absolute atomic E-state index is 12.0. The molecule has 100 valence electrons. The van der Waals surface area contributed by atoms with E-state index in [2.05, 4.69) is 24.1 Å². The summed E-state index contributed by atoms with van der Waals surface area (Å²) in [5.74, 6) is 0.154. The zero-order valence-electron chi connectivity index (χ0n) is 11.4. The minimum absolute atomic E-state index is 0.0261. The van der Waals surface area contributed by atoms with Crippen molar-refractivity contribution in [2.24, 2.45) is 5.73 Å². The van der Waals surface area contributed by atoms with Gasteiger partial charge in [-0.1, -0.05) is 13.3 Å². The fourth-order valence-corrected chi connectivity index (χ4v) is 2.34. The summed E-state index contributed by atoms with van der Waals surface area (Å²) in [5.41, 5.74) is 5.87. The number of piperidine rings is 1. The van der Waals surface area contributed by atoms with Gasteiger partial charge in [0, 0.05) is 25.2 Å². The van der Waals surface area contributed by atoms with Gasteiger partial charge in [-0.2, -0.15) is 0 Å². The number of amides is 1. The summed E-state index contributed by atoms with van der Waals surface area (Å²) in [4.78, 5) is 14.3. The lowest BCUT2D eigenvalue weighted by Gasteiger charge is -2.34. The van der Waals surface area contributed by atoms with Crippen molar-refractivity contribution in [2.45, 2.75) is 64.6 Å². The molecular weight excluding hydrogens is 214 g/mol. The van der Waals surface area contributed by atoms with Crippen LogP contribution >= 0.6 is 0 Å². The third-order valence-corrected chi connectivity index (χ3v) is 3.61. The second-order valence-electron chi connectivity index (χ2n) is 5.25. The van der Waals surface area contributed by atoms with E-state index in [-0.39, 0.29) is 18.0 Å². The highest BCUT2D eigenvalue weighted by Gasteiger charge is 2.25. The maximum Gasteiger partial charge on any atom is 0.237 e. The third-order valence-electron chi connectivity index (χ3n) is 3.61. The van der Waals surface area contributed by atoms with E-state index in [4.69, 9.17) is 5.73 Å². The van der Waals surface area contributed by atoms with Crippen LogP contribution in [0.25, 0.3) is 0 Å². The Labute approximate surface area is 105 Å². The number of nitrogens with two attached hydrogens (primary N) is 1. The standard InChI is InChI=1S/C13H27N3O/c1-4-5-10(2)15-13(17)11(3)16-8-6-12(14)7-9-16/h10-12H,4-9,14H2,1-3H3,(H,15,17). The van der Waals surface area contributed by atoms with Gasteiger partial charge in [0.1, 0.15) is 0 Å². The Hall–Kier alpha value is -0.610. The van der Waals surface area contributed by atoms with Gasteiger partial charge in [-0.3, -0.25) is 9.69 Å². The van der Waals surface area contributed by atoms with Crippen molar-refractivity contribution < 1.29 is 4.79 Å². The molecule has 0 aromatic rings. The molecule has 0 aromatic carbocycles. The molecule has 0 radical (unpaired) electrons. The lowest BCUT2D eigenvalue weighted by atomic mass is 10.0. The summed E-state index contributed by atoms with van der Waals surface area (Å²) < 4.78 is 0. The van der Waals surface area contributed by atoms with Crippen LogP contribution in [0.2, 0.25) is 0 Å². The van der Waals surface area contributed by atoms with Gasteiger partial charge >= 0.3 is 0 Å². The summed E-state index contributed by atoms with van der Waals surface area (Å²) in [6.07, 6.45) is 4.15. The summed E-state index contributed by atoms with van der Waals surface area (Å²) in [7, 11) is 0. The average molecular weight is 241 g/mol. The minimum Gasteiger partial charge on any atom is -0.352 e. The number of nitrogens with zero attached hydrogens (tertiary/aromatic N) is 1. The number of hydrogen-bond donors (Lipinski definition) is 2. The molecule has 1 saturated heterocycles. The van der Waals surface area contributed by atoms with E-state index in [1.54, 1.807) is 0 Å². The van der Waals surface area contributed by atoms with E-state index in [0.717, 1.165) is 38.8 Å². The number of nitrogens with one attached hydrogen (secondary N) is 1. The van der Waals surface area contributed by atoms with Gasteiger partial charge in [-0.05, 0) is 33.1 Å². The average Bonchev–Trinajstić information content (AvgIpc) is 2.29. The molecule has 0 aromatic heterocycles. The molecule has 0 saturated carbocycles. The largest absolute Gasteiger partial charge is 0.352 e. The molecule has 4 nitrogen and oxygen atoms in total. The predicted molar refractivity (Wildman–Crippen MR) is 70.8 cm³/mol.